The number of pyridine rings is 2. The number of carbonyl (C=O) groups is 1. The molecule has 146 valence electrons. The van der Waals surface area contributed by atoms with Crippen molar-refractivity contribution in [2.24, 2.45) is 13.0 Å². The molecule has 3 heterocycles. The second-order valence-electron chi connectivity index (χ2n) is 7.69. The van der Waals surface area contributed by atoms with Crippen LogP contribution >= 0.6 is 0 Å². The van der Waals surface area contributed by atoms with E-state index in [4.69, 9.17) is 0 Å². The molecule has 8 nitrogen and oxygen atoms in total. The Hall–Kier alpha value is -2.87. The average molecular weight is 379 g/mol. The third-order valence-corrected chi connectivity index (χ3v) is 5.49. The molecule has 3 aromatic heterocycles. The molecule has 0 bridgehead atoms. The molecule has 28 heavy (non-hydrogen) atoms. The van der Waals surface area contributed by atoms with E-state index in [1.807, 2.05) is 31.4 Å². The fraction of sp³-hybridized carbons (Fsp3) is 0.450. The summed E-state index contributed by atoms with van der Waals surface area (Å²) in [6, 6.07) is 6.24. The van der Waals surface area contributed by atoms with E-state index in [0.717, 1.165) is 42.3 Å². The predicted octanol–water partition coefficient (Wildman–Crippen LogP) is 2.48. The van der Waals surface area contributed by atoms with Crippen molar-refractivity contribution in [2.75, 3.05) is 19.4 Å². The van der Waals surface area contributed by atoms with Crippen LogP contribution in [0.25, 0.3) is 22.3 Å². The molecule has 0 aromatic carbocycles. The molecule has 0 aliphatic heterocycles. The van der Waals surface area contributed by atoms with Crippen LogP contribution in [-0.2, 0) is 11.8 Å². The van der Waals surface area contributed by atoms with Gasteiger partial charge in [-0.1, -0.05) is 5.21 Å². The highest BCUT2D eigenvalue weighted by molar-refractivity contribution is 5.93. The van der Waals surface area contributed by atoms with Crippen LogP contribution in [0, 0.1) is 5.92 Å². The summed E-state index contributed by atoms with van der Waals surface area (Å²) in [5, 5.41) is 11.9. The van der Waals surface area contributed by atoms with Crippen LogP contribution in [0.3, 0.4) is 0 Å². The Morgan fingerprint density at radius 2 is 1.96 bits per heavy atom. The minimum absolute atomic E-state index is 0.0487. The normalized spacial score (nSPS) is 19.9. The number of anilines is 1. The lowest BCUT2D eigenvalue weighted by Gasteiger charge is -2.31. The minimum Gasteiger partial charge on any atom is -0.310 e. The number of rotatable bonds is 4. The molecule has 1 aliphatic carbocycles. The van der Waals surface area contributed by atoms with E-state index < -0.39 is 0 Å². The fourth-order valence-electron chi connectivity index (χ4n) is 3.77. The molecule has 1 amide bonds. The summed E-state index contributed by atoms with van der Waals surface area (Å²) in [7, 11) is 6.03. The smallest absolute Gasteiger partial charge is 0.228 e. The Labute approximate surface area is 164 Å². The first-order valence-electron chi connectivity index (χ1n) is 9.60. The molecule has 0 saturated heterocycles. The molecule has 1 fully saturated rings. The summed E-state index contributed by atoms with van der Waals surface area (Å²) in [6.07, 6.45) is 7.50. The lowest BCUT2D eigenvalue weighted by Crippen LogP contribution is -2.35. The van der Waals surface area contributed by atoms with Gasteiger partial charge in [0, 0.05) is 36.7 Å². The Kier molecular flexibility index (Phi) is 5.04. The lowest BCUT2D eigenvalue weighted by molar-refractivity contribution is -0.121. The van der Waals surface area contributed by atoms with Gasteiger partial charge in [0.15, 0.2) is 0 Å². The summed E-state index contributed by atoms with van der Waals surface area (Å²) in [5.41, 5.74) is 2.22. The topological polar surface area (TPSA) is 88.8 Å². The number of hydrogen-bond acceptors (Lipinski definition) is 6. The summed E-state index contributed by atoms with van der Waals surface area (Å²) in [6.45, 7) is 0. The maximum absolute atomic E-state index is 12.7. The molecular weight excluding hydrogens is 354 g/mol. The monoisotopic (exact) mass is 379 g/mol. The van der Waals surface area contributed by atoms with E-state index in [-0.39, 0.29) is 11.8 Å². The Morgan fingerprint density at radius 3 is 2.64 bits per heavy atom. The Bertz CT molecular complexity index is 989. The van der Waals surface area contributed by atoms with Crippen LogP contribution in [0.1, 0.15) is 25.7 Å². The molecule has 0 spiro atoms. The van der Waals surface area contributed by atoms with Crippen molar-refractivity contribution in [3.05, 3.63) is 30.6 Å². The minimum atomic E-state index is 0.0487. The molecule has 0 atom stereocenters. The third kappa shape index (κ3) is 3.87. The lowest BCUT2D eigenvalue weighted by atomic mass is 9.85. The van der Waals surface area contributed by atoms with Gasteiger partial charge in [0.1, 0.15) is 11.5 Å². The van der Waals surface area contributed by atoms with Crippen LogP contribution in [-0.4, -0.2) is 55.9 Å². The van der Waals surface area contributed by atoms with Gasteiger partial charge in [-0.05, 0) is 51.9 Å². The van der Waals surface area contributed by atoms with Crippen molar-refractivity contribution in [1.29, 1.82) is 0 Å². The van der Waals surface area contributed by atoms with Crippen LogP contribution in [0.2, 0.25) is 0 Å². The maximum Gasteiger partial charge on any atom is 0.228 e. The number of hydrogen-bond donors (Lipinski definition) is 1. The van der Waals surface area contributed by atoms with Crippen molar-refractivity contribution in [2.45, 2.75) is 31.7 Å². The number of aryl methyl sites for hydroxylation is 1. The highest BCUT2D eigenvalue weighted by Crippen LogP contribution is 2.28. The molecule has 4 rings (SSSR count). The number of amides is 1. The van der Waals surface area contributed by atoms with E-state index in [1.54, 1.807) is 10.9 Å². The summed E-state index contributed by atoms with van der Waals surface area (Å²) < 4.78 is 1.64. The molecule has 8 heteroatoms. The van der Waals surface area contributed by atoms with Gasteiger partial charge in [0.2, 0.25) is 5.91 Å². The molecule has 1 aliphatic rings. The van der Waals surface area contributed by atoms with Gasteiger partial charge in [-0.15, -0.1) is 5.10 Å². The average Bonchev–Trinajstić information content (AvgIpc) is 3.14. The van der Waals surface area contributed by atoms with E-state index in [9.17, 15) is 4.79 Å². The van der Waals surface area contributed by atoms with E-state index in [1.165, 1.54) is 0 Å². The first-order valence-corrected chi connectivity index (χ1v) is 9.60. The molecule has 0 radical (unpaired) electrons. The van der Waals surface area contributed by atoms with Gasteiger partial charge in [0.05, 0.1) is 17.4 Å². The van der Waals surface area contributed by atoms with Crippen molar-refractivity contribution in [3.8, 4) is 11.4 Å². The van der Waals surface area contributed by atoms with Gasteiger partial charge in [0.25, 0.3) is 0 Å². The fourth-order valence-corrected chi connectivity index (χ4v) is 3.77. The SMILES string of the molecule is CN(C)C1CCC(C(=O)Nc2cc3nc(-c4cn(C)nn4)ccc3cn2)CC1. The molecule has 1 N–H and O–H groups in total. The molecular formula is C20H25N7O. The first-order chi connectivity index (χ1) is 13.5. The molecule has 1 saturated carbocycles. The first kappa shape index (κ1) is 18.5. The van der Waals surface area contributed by atoms with Crippen LogP contribution in [0.5, 0.6) is 0 Å². The third-order valence-electron chi connectivity index (χ3n) is 5.49. The number of fused-ring (bicyclic) bond motifs is 1. The summed E-state index contributed by atoms with van der Waals surface area (Å²) in [4.78, 5) is 23.9. The molecule has 3 aromatic rings. The van der Waals surface area contributed by atoms with Crippen molar-refractivity contribution < 1.29 is 4.79 Å². The zero-order chi connectivity index (χ0) is 19.7. The summed E-state index contributed by atoms with van der Waals surface area (Å²) >= 11 is 0. The van der Waals surface area contributed by atoms with Gasteiger partial charge >= 0.3 is 0 Å². The standard InChI is InChI=1S/C20H25N7O/c1-26(2)15-7-4-13(5-8-15)20(28)23-19-10-17-14(11-21-19)6-9-16(22-17)18-12-27(3)25-24-18/h6,9-13,15H,4-5,7-8H2,1-3H3,(H,21,23,28). The number of aromatic nitrogens is 5. The maximum atomic E-state index is 12.7. The predicted molar refractivity (Wildman–Crippen MR) is 108 cm³/mol. The molecule has 0 unspecified atom stereocenters. The van der Waals surface area contributed by atoms with Crippen molar-refractivity contribution in [1.82, 2.24) is 29.9 Å². The van der Waals surface area contributed by atoms with E-state index >= 15 is 0 Å². The van der Waals surface area contributed by atoms with Gasteiger partial charge in [-0.2, -0.15) is 0 Å². The van der Waals surface area contributed by atoms with Crippen LogP contribution in [0.4, 0.5) is 5.82 Å². The van der Waals surface area contributed by atoms with Gasteiger partial charge < -0.3 is 10.2 Å². The zero-order valence-corrected chi connectivity index (χ0v) is 16.5. The second-order valence-corrected chi connectivity index (χ2v) is 7.69. The highest BCUT2D eigenvalue weighted by atomic mass is 16.1. The Morgan fingerprint density at radius 1 is 1.18 bits per heavy atom. The van der Waals surface area contributed by atoms with E-state index in [2.05, 4.69) is 44.6 Å². The number of carbonyl (C=O) groups excluding carboxylic acids is 1. The van der Waals surface area contributed by atoms with Crippen LogP contribution in [0.15, 0.2) is 30.6 Å². The highest BCUT2D eigenvalue weighted by Gasteiger charge is 2.27. The van der Waals surface area contributed by atoms with Gasteiger partial charge in [-0.3, -0.25) is 9.48 Å². The van der Waals surface area contributed by atoms with Crippen molar-refractivity contribution >= 4 is 22.6 Å². The van der Waals surface area contributed by atoms with Crippen LogP contribution < -0.4 is 5.32 Å². The van der Waals surface area contributed by atoms with Crippen molar-refractivity contribution in [3.63, 3.8) is 0 Å². The largest absolute Gasteiger partial charge is 0.310 e. The number of nitrogens with one attached hydrogen (secondary N) is 1. The zero-order valence-electron chi connectivity index (χ0n) is 16.5. The van der Waals surface area contributed by atoms with E-state index in [0.29, 0.717) is 17.6 Å². The quantitative estimate of drug-likeness (QED) is 0.749. The number of nitrogens with zero attached hydrogens (tertiary/aromatic N) is 6. The second kappa shape index (κ2) is 7.63. The Balaban J connectivity index is 1.49. The van der Waals surface area contributed by atoms with Gasteiger partial charge in [-0.25, -0.2) is 9.97 Å². The summed E-state index contributed by atoms with van der Waals surface area (Å²) in [5.74, 6) is 0.637.